The van der Waals surface area contributed by atoms with Gasteiger partial charge in [0.05, 0.1) is 5.69 Å². The fourth-order valence-corrected chi connectivity index (χ4v) is 2.36. The number of aromatic carboxylic acids is 1. The Hall–Kier alpha value is -1.62. The van der Waals surface area contributed by atoms with Crippen molar-refractivity contribution in [2.24, 2.45) is 0 Å². The Balaban J connectivity index is 1.84. The van der Waals surface area contributed by atoms with Gasteiger partial charge < -0.3 is 10.4 Å². The van der Waals surface area contributed by atoms with E-state index < -0.39 is 5.97 Å². The lowest BCUT2D eigenvalue weighted by Gasteiger charge is -2.07. The third-order valence-corrected chi connectivity index (χ3v) is 3.51. The second kappa shape index (κ2) is 7.41. The third-order valence-electron chi connectivity index (χ3n) is 2.92. The number of carboxylic acid groups (broad SMARTS) is 1. The molecular weight excluding hydrogens is 311 g/mol. The average Bonchev–Trinajstić information content (AvgIpc) is 2.45. The molecule has 1 heterocycles. The summed E-state index contributed by atoms with van der Waals surface area (Å²) in [6, 6.07) is 10.4. The molecule has 110 valence electrons. The van der Waals surface area contributed by atoms with Gasteiger partial charge in [0.1, 0.15) is 5.69 Å². The summed E-state index contributed by atoms with van der Waals surface area (Å²) < 4.78 is 0. The maximum atomic E-state index is 10.8. The first-order chi connectivity index (χ1) is 10.1. The number of rotatable bonds is 6. The minimum absolute atomic E-state index is 0.0510. The highest BCUT2D eigenvalue weighted by molar-refractivity contribution is 6.35. The summed E-state index contributed by atoms with van der Waals surface area (Å²) in [6.45, 7) is 1.21. The van der Waals surface area contributed by atoms with E-state index in [-0.39, 0.29) is 5.69 Å². The van der Waals surface area contributed by atoms with Crippen LogP contribution in [0.5, 0.6) is 0 Å². The molecule has 0 aliphatic rings. The van der Waals surface area contributed by atoms with Gasteiger partial charge in [-0.3, -0.25) is 0 Å². The van der Waals surface area contributed by atoms with Crippen LogP contribution in [0.1, 0.15) is 21.7 Å². The fourth-order valence-electron chi connectivity index (χ4n) is 1.86. The van der Waals surface area contributed by atoms with E-state index in [9.17, 15) is 4.79 Å². The summed E-state index contributed by atoms with van der Waals surface area (Å²) in [5.74, 6) is -1.02. The molecule has 1 aromatic heterocycles. The second-order valence-corrected chi connectivity index (χ2v) is 5.33. The molecule has 2 aromatic rings. The monoisotopic (exact) mass is 324 g/mol. The zero-order valence-corrected chi connectivity index (χ0v) is 12.7. The van der Waals surface area contributed by atoms with E-state index >= 15 is 0 Å². The van der Waals surface area contributed by atoms with Crippen molar-refractivity contribution >= 4 is 29.2 Å². The maximum Gasteiger partial charge on any atom is 0.354 e. The smallest absolute Gasteiger partial charge is 0.354 e. The van der Waals surface area contributed by atoms with E-state index in [1.165, 1.54) is 6.07 Å². The standard InChI is InChI=1S/C15H14Cl2N2O2/c16-11-5-4-10(13(17)8-11)6-7-18-9-12-2-1-3-14(19-12)15(20)21/h1-5,8,18H,6-7,9H2,(H,20,21). The number of pyridine rings is 1. The molecule has 0 fully saturated rings. The van der Waals surface area contributed by atoms with E-state index in [2.05, 4.69) is 10.3 Å². The summed E-state index contributed by atoms with van der Waals surface area (Å²) in [4.78, 5) is 14.9. The summed E-state index contributed by atoms with van der Waals surface area (Å²) in [6.07, 6.45) is 0.759. The average molecular weight is 325 g/mol. The molecule has 0 spiro atoms. The van der Waals surface area contributed by atoms with Gasteiger partial charge in [-0.25, -0.2) is 9.78 Å². The zero-order valence-electron chi connectivity index (χ0n) is 11.1. The molecule has 0 atom stereocenters. The fraction of sp³-hybridized carbons (Fsp3) is 0.200. The largest absolute Gasteiger partial charge is 0.477 e. The molecular formula is C15H14Cl2N2O2. The Morgan fingerprint density at radius 2 is 2.05 bits per heavy atom. The van der Waals surface area contributed by atoms with Crippen molar-refractivity contribution in [1.29, 1.82) is 0 Å². The summed E-state index contributed by atoms with van der Waals surface area (Å²) in [5.41, 5.74) is 1.76. The quantitative estimate of drug-likeness (QED) is 0.799. The Bertz CT molecular complexity index is 647. The minimum Gasteiger partial charge on any atom is -0.477 e. The van der Waals surface area contributed by atoms with Crippen LogP contribution in [-0.4, -0.2) is 22.6 Å². The van der Waals surface area contributed by atoms with Crippen molar-refractivity contribution in [2.45, 2.75) is 13.0 Å². The summed E-state index contributed by atoms with van der Waals surface area (Å²) >= 11 is 11.9. The van der Waals surface area contributed by atoms with Gasteiger partial charge >= 0.3 is 5.97 Å². The first-order valence-corrected chi connectivity index (χ1v) is 7.16. The number of carbonyl (C=O) groups is 1. The maximum absolute atomic E-state index is 10.8. The Morgan fingerprint density at radius 3 is 2.76 bits per heavy atom. The molecule has 0 unspecified atom stereocenters. The van der Waals surface area contributed by atoms with E-state index in [1.807, 2.05) is 6.07 Å². The molecule has 2 rings (SSSR count). The highest BCUT2D eigenvalue weighted by Gasteiger charge is 2.05. The summed E-state index contributed by atoms with van der Waals surface area (Å²) in [5, 5.41) is 13.4. The lowest BCUT2D eigenvalue weighted by molar-refractivity contribution is 0.0690. The molecule has 0 bridgehead atoms. The van der Waals surface area contributed by atoms with E-state index in [0.29, 0.717) is 28.8 Å². The van der Waals surface area contributed by atoms with E-state index in [0.717, 1.165) is 12.0 Å². The van der Waals surface area contributed by atoms with Crippen LogP contribution in [0.3, 0.4) is 0 Å². The van der Waals surface area contributed by atoms with Crippen molar-refractivity contribution in [3.05, 3.63) is 63.4 Å². The normalized spacial score (nSPS) is 10.6. The van der Waals surface area contributed by atoms with Crippen molar-refractivity contribution in [3.8, 4) is 0 Å². The Kier molecular flexibility index (Phi) is 5.56. The van der Waals surface area contributed by atoms with Crippen LogP contribution in [-0.2, 0) is 13.0 Å². The topological polar surface area (TPSA) is 62.2 Å². The van der Waals surface area contributed by atoms with Crippen molar-refractivity contribution < 1.29 is 9.90 Å². The molecule has 1 aromatic carbocycles. The Morgan fingerprint density at radius 1 is 1.24 bits per heavy atom. The van der Waals surface area contributed by atoms with Crippen LogP contribution in [0.15, 0.2) is 36.4 Å². The van der Waals surface area contributed by atoms with Crippen LogP contribution in [0.25, 0.3) is 0 Å². The number of halogens is 2. The number of aromatic nitrogens is 1. The molecule has 0 aliphatic carbocycles. The minimum atomic E-state index is -1.02. The molecule has 2 N–H and O–H groups in total. The van der Waals surface area contributed by atoms with Gasteiger partial charge in [0, 0.05) is 16.6 Å². The van der Waals surface area contributed by atoms with Crippen molar-refractivity contribution in [1.82, 2.24) is 10.3 Å². The summed E-state index contributed by atoms with van der Waals surface area (Å²) in [7, 11) is 0. The first-order valence-electron chi connectivity index (χ1n) is 6.40. The van der Waals surface area contributed by atoms with Crippen LogP contribution >= 0.6 is 23.2 Å². The number of nitrogens with one attached hydrogen (secondary N) is 1. The van der Waals surface area contributed by atoms with Crippen LogP contribution in [0.4, 0.5) is 0 Å². The molecule has 6 heteroatoms. The molecule has 0 amide bonds. The van der Waals surface area contributed by atoms with Crippen molar-refractivity contribution in [2.75, 3.05) is 6.54 Å². The number of hydrogen-bond donors (Lipinski definition) is 2. The zero-order chi connectivity index (χ0) is 15.2. The molecule has 4 nitrogen and oxygen atoms in total. The predicted octanol–water partition coefficient (Wildman–Crippen LogP) is 3.42. The SMILES string of the molecule is O=C(O)c1cccc(CNCCc2ccc(Cl)cc2Cl)n1. The first kappa shape index (κ1) is 15.8. The van der Waals surface area contributed by atoms with Crippen LogP contribution in [0, 0.1) is 0 Å². The van der Waals surface area contributed by atoms with Crippen molar-refractivity contribution in [3.63, 3.8) is 0 Å². The highest BCUT2D eigenvalue weighted by Crippen LogP contribution is 2.21. The molecule has 0 saturated carbocycles. The van der Waals surface area contributed by atoms with Gasteiger partial charge in [-0.05, 0) is 42.8 Å². The third kappa shape index (κ3) is 4.70. The van der Waals surface area contributed by atoms with Crippen LogP contribution in [0.2, 0.25) is 10.0 Å². The van der Waals surface area contributed by atoms with E-state index in [1.54, 1.807) is 24.3 Å². The van der Waals surface area contributed by atoms with E-state index in [4.69, 9.17) is 28.3 Å². The number of nitrogens with zero attached hydrogens (tertiary/aromatic N) is 1. The predicted molar refractivity (Wildman–Crippen MR) is 83.1 cm³/mol. The van der Waals surface area contributed by atoms with Gasteiger partial charge in [0.2, 0.25) is 0 Å². The highest BCUT2D eigenvalue weighted by atomic mass is 35.5. The van der Waals surface area contributed by atoms with Gasteiger partial charge in [0.25, 0.3) is 0 Å². The number of benzene rings is 1. The molecule has 0 radical (unpaired) electrons. The number of carboxylic acids is 1. The molecule has 0 saturated heterocycles. The second-order valence-electron chi connectivity index (χ2n) is 4.48. The van der Waals surface area contributed by atoms with Gasteiger partial charge in [-0.1, -0.05) is 35.3 Å². The van der Waals surface area contributed by atoms with Gasteiger partial charge in [0.15, 0.2) is 0 Å². The van der Waals surface area contributed by atoms with Gasteiger partial charge in [-0.15, -0.1) is 0 Å². The van der Waals surface area contributed by atoms with Gasteiger partial charge in [-0.2, -0.15) is 0 Å². The number of hydrogen-bond acceptors (Lipinski definition) is 3. The molecule has 21 heavy (non-hydrogen) atoms. The Labute approximate surface area is 132 Å². The lowest BCUT2D eigenvalue weighted by Crippen LogP contribution is -2.18. The lowest BCUT2D eigenvalue weighted by atomic mass is 10.1. The molecule has 0 aliphatic heterocycles. The van der Waals surface area contributed by atoms with Crippen LogP contribution < -0.4 is 5.32 Å².